The molecular formula is C12H19Cl2NO2. The van der Waals surface area contributed by atoms with Crippen LogP contribution in [0.2, 0.25) is 0 Å². The second kappa shape index (κ2) is 4.60. The molecule has 2 aliphatic rings. The molecular weight excluding hydrogens is 261 g/mol. The van der Waals surface area contributed by atoms with Gasteiger partial charge in [0.15, 0.2) is 0 Å². The van der Waals surface area contributed by atoms with E-state index in [1.165, 1.54) is 0 Å². The summed E-state index contributed by atoms with van der Waals surface area (Å²) >= 11 is 12.0. The fraction of sp³-hybridized carbons (Fsp3) is 0.917. The second-order valence-electron chi connectivity index (χ2n) is 5.59. The van der Waals surface area contributed by atoms with Gasteiger partial charge in [0.25, 0.3) is 0 Å². The zero-order valence-electron chi connectivity index (χ0n) is 10.0. The van der Waals surface area contributed by atoms with Gasteiger partial charge in [0, 0.05) is 12.6 Å². The van der Waals surface area contributed by atoms with Crippen LogP contribution in [0.3, 0.4) is 0 Å². The van der Waals surface area contributed by atoms with Gasteiger partial charge in [-0.2, -0.15) is 0 Å². The van der Waals surface area contributed by atoms with Gasteiger partial charge in [-0.25, -0.2) is 0 Å². The highest BCUT2D eigenvalue weighted by Gasteiger charge is 2.68. The Morgan fingerprint density at radius 1 is 1.35 bits per heavy atom. The average Bonchev–Trinajstić information content (AvgIpc) is 2.81. The number of nitrogens with one attached hydrogen (secondary N) is 1. The molecule has 1 atom stereocenters. The van der Waals surface area contributed by atoms with Gasteiger partial charge < -0.3 is 10.4 Å². The lowest BCUT2D eigenvalue weighted by atomic mass is 9.86. The third-order valence-corrected chi connectivity index (χ3v) is 5.30. The molecule has 1 unspecified atom stereocenters. The third-order valence-electron chi connectivity index (χ3n) is 4.20. The van der Waals surface area contributed by atoms with E-state index in [1.54, 1.807) is 0 Å². The average molecular weight is 280 g/mol. The Balaban J connectivity index is 1.81. The molecule has 0 bridgehead atoms. The molecule has 2 N–H and O–H groups in total. The summed E-state index contributed by atoms with van der Waals surface area (Å²) in [4.78, 5) is 12.0. The van der Waals surface area contributed by atoms with Crippen molar-refractivity contribution in [2.24, 2.45) is 11.3 Å². The molecule has 0 aromatic heterocycles. The van der Waals surface area contributed by atoms with Crippen LogP contribution in [0.1, 0.15) is 39.0 Å². The SMILES string of the molecule is CC1(C(=O)NC2CCC(CO)CC2)CC1(Cl)Cl. The molecule has 5 heteroatoms. The van der Waals surface area contributed by atoms with E-state index in [0.29, 0.717) is 12.3 Å². The van der Waals surface area contributed by atoms with Crippen molar-refractivity contribution in [1.29, 1.82) is 0 Å². The molecule has 2 saturated carbocycles. The van der Waals surface area contributed by atoms with E-state index in [4.69, 9.17) is 28.3 Å². The van der Waals surface area contributed by atoms with Crippen LogP contribution in [0.5, 0.6) is 0 Å². The monoisotopic (exact) mass is 279 g/mol. The van der Waals surface area contributed by atoms with Gasteiger partial charge in [0.1, 0.15) is 4.33 Å². The molecule has 2 rings (SSSR count). The van der Waals surface area contributed by atoms with Crippen molar-refractivity contribution in [3.8, 4) is 0 Å². The van der Waals surface area contributed by atoms with Gasteiger partial charge in [0.2, 0.25) is 5.91 Å². The quantitative estimate of drug-likeness (QED) is 0.779. The van der Waals surface area contributed by atoms with E-state index in [0.717, 1.165) is 25.7 Å². The summed E-state index contributed by atoms with van der Waals surface area (Å²) in [5.41, 5.74) is -0.621. The highest BCUT2D eigenvalue weighted by atomic mass is 35.5. The van der Waals surface area contributed by atoms with E-state index in [1.807, 2.05) is 6.92 Å². The number of aliphatic hydroxyl groups excluding tert-OH is 1. The zero-order valence-corrected chi connectivity index (χ0v) is 11.5. The van der Waals surface area contributed by atoms with E-state index >= 15 is 0 Å². The Labute approximate surface area is 112 Å². The van der Waals surface area contributed by atoms with Crippen LogP contribution >= 0.6 is 23.2 Å². The number of carbonyl (C=O) groups is 1. The summed E-state index contributed by atoms with van der Waals surface area (Å²) in [5, 5.41) is 12.1. The summed E-state index contributed by atoms with van der Waals surface area (Å²) in [6.45, 7) is 2.06. The first-order valence-corrected chi connectivity index (χ1v) is 6.94. The minimum absolute atomic E-state index is 0.0325. The molecule has 0 spiro atoms. The van der Waals surface area contributed by atoms with Gasteiger partial charge in [-0.05, 0) is 44.9 Å². The Kier molecular flexibility index (Phi) is 3.64. The topological polar surface area (TPSA) is 49.3 Å². The Morgan fingerprint density at radius 3 is 2.29 bits per heavy atom. The molecule has 0 aromatic carbocycles. The summed E-state index contributed by atoms with van der Waals surface area (Å²) in [6, 6.07) is 0.215. The number of carbonyl (C=O) groups excluding carboxylic acids is 1. The van der Waals surface area contributed by atoms with Gasteiger partial charge in [-0.15, -0.1) is 23.2 Å². The van der Waals surface area contributed by atoms with Crippen molar-refractivity contribution in [1.82, 2.24) is 5.32 Å². The normalized spacial score (nSPS) is 39.8. The molecule has 17 heavy (non-hydrogen) atoms. The summed E-state index contributed by atoms with van der Waals surface area (Å²) in [5.74, 6) is 0.370. The molecule has 1 amide bonds. The van der Waals surface area contributed by atoms with Crippen molar-refractivity contribution < 1.29 is 9.90 Å². The number of aliphatic hydroxyl groups is 1. The smallest absolute Gasteiger partial charge is 0.229 e. The molecule has 98 valence electrons. The largest absolute Gasteiger partial charge is 0.396 e. The summed E-state index contributed by atoms with van der Waals surface area (Å²) < 4.78 is -0.889. The predicted molar refractivity (Wildman–Crippen MR) is 68.1 cm³/mol. The standard InChI is InChI=1S/C12H19Cl2NO2/c1-11(7-12(11,13)14)10(17)15-9-4-2-8(6-16)3-5-9/h8-9,16H,2-7H2,1H3,(H,15,17). The number of alkyl halides is 2. The van der Waals surface area contributed by atoms with Crippen molar-refractivity contribution in [3.05, 3.63) is 0 Å². The number of hydrogen-bond donors (Lipinski definition) is 2. The fourth-order valence-corrected chi connectivity index (χ4v) is 3.19. The van der Waals surface area contributed by atoms with Crippen LogP contribution in [0.25, 0.3) is 0 Å². The number of halogens is 2. The zero-order chi connectivity index (χ0) is 12.7. The Hall–Kier alpha value is 0.01000. The van der Waals surface area contributed by atoms with Gasteiger partial charge in [-0.1, -0.05) is 0 Å². The Bertz CT molecular complexity index is 314. The first-order chi connectivity index (χ1) is 7.89. The molecule has 2 aliphatic carbocycles. The second-order valence-corrected chi connectivity index (χ2v) is 7.07. The molecule has 0 heterocycles. The van der Waals surface area contributed by atoms with Crippen LogP contribution in [0.15, 0.2) is 0 Å². The molecule has 0 radical (unpaired) electrons. The summed E-state index contributed by atoms with van der Waals surface area (Å²) in [7, 11) is 0. The molecule has 0 aromatic rings. The maximum Gasteiger partial charge on any atom is 0.229 e. The maximum atomic E-state index is 12.0. The number of rotatable bonds is 3. The third kappa shape index (κ3) is 2.56. The van der Waals surface area contributed by atoms with E-state index < -0.39 is 9.75 Å². The predicted octanol–water partition coefficient (Wildman–Crippen LogP) is 2.24. The first-order valence-electron chi connectivity index (χ1n) is 6.19. The maximum absolute atomic E-state index is 12.0. The van der Waals surface area contributed by atoms with Crippen molar-refractivity contribution >= 4 is 29.1 Å². The molecule has 0 aliphatic heterocycles. The van der Waals surface area contributed by atoms with E-state index in [9.17, 15) is 4.79 Å². The number of amides is 1. The molecule has 2 fully saturated rings. The molecule has 3 nitrogen and oxygen atoms in total. The lowest BCUT2D eigenvalue weighted by molar-refractivity contribution is -0.126. The van der Waals surface area contributed by atoms with Gasteiger partial charge in [0.05, 0.1) is 5.41 Å². The molecule has 0 saturated heterocycles. The van der Waals surface area contributed by atoms with Crippen LogP contribution in [-0.2, 0) is 4.79 Å². The van der Waals surface area contributed by atoms with Crippen LogP contribution in [0, 0.1) is 11.3 Å². The number of hydrogen-bond acceptors (Lipinski definition) is 2. The highest BCUT2D eigenvalue weighted by molar-refractivity contribution is 6.53. The van der Waals surface area contributed by atoms with E-state index in [2.05, 4.69) is 5.32 Å². The van der Waals surface area contributed by atoms with Gasteiger partial charge >= 0.3 is 0 Å². The van der Waals surface area contributed by atoms with Crippen LogP contribution in [-0.4, -0.2) is 28.0 Å². The van der Waals surface area contributed by atoms with E-state index in [-0.39, 0.29) is 18.6 Å². The van der Waals surface area contributed by atoms with Crippen molar-refractivity contribution in [2.75, 3.05) is 6.61 Å². The van der Waals surface area contributed by atoms with Crippen LogP contribution < -0.4 is 5.32 Å². The highest BCUT2D eigenvalue weighted by Crippen LogP contribution is 2.63. The lowest BCUT2D eigenvalue weighted by Gasteiger charge is -2.29. The van der Waals surface area contributed by atoms with Crippen LogP contribution in [0.4, 0.5) is 0 Å². The lowest BCUT2D eigenvalue weighted by Crippen LogP contribution is -2.42. The van der Waals surface area contributed by atoms with Crippen molar-refractivity contribution in [2.45, 2.75) is 49.4 Å². The fourth-order valence-electron chi connectivity index (χ4n) is 2.48. The minimum Gasteiger partial charge on any atom is -0.396 e. The van der Waals surface area contributed by atoms with Gasteiger partial charge in [-0.3, -0.25) is 4.79 Å². The van der Waals surface area contributed by atoms with Crippen molar-refractivity contribution in [3.63, 3.8) is 0 Å². The minimum atomic E-state index is -0.889. The summed E-state index contributed by atoms with van der Waals surface area (Å²) in [6.07, 6.45) is 4.35. The Morgan fingerprint density at radius 2 is 1.88 bits per heavy atom. The first kappa shape index (κ1) is 13.4.